The van der Waals surface area contributed by atoms with Crippen LogP contribution in [0.5, 0.6) is 0 Å². The Bertz CT molecular complexity index is 503. The second kappa shape index (κ2) is 9.99. The van der Waals surface area contributed by atoms with Gasteiger partial charge in [0, 0.05) is 45.0 Å². The molecule has 2 unspecified atom stereocenters. The van der Waals surface area contributed by atoms with Gasteiger partial charge in [0.05, 0.1) is 10.7 Å². The van der Waals surface area contributed by atoms with Crippen LogP contribution in [0.25, 0.3) is 0 Å². The molecule has 1 aromatic rings. The van der Waals surface area contributed by atoms with E-state index >= 15 is 0 Å². The van der Waals surface area contributed by atoms with Gasteiger partial charge in [-0.3, -0.25) is 4.99 Å². The first-order valence-electron chi connectivity index (χ1n) is 9.14. The Kier molecular flexibility index (Phi) is 7.99. The van der Waals surface area contributed by atoms with Gasteiger partial charge in [-0.2, -0.15) is 0 Å². The third kappa shape index (κ3) is 6.77. The monoisotopic (exact) mass is 351 g/mol. The molecule has 1 saturated heterocycles. The molecule has 1 fully saturated rings. The molecule has 24 heavy (non-hydrogen) atoms. The van der Waals surface area contributed by atoms with E-state index in [1.807, 2.05) is 14.0 Å². The Morgan fingerprint density at radius 3 is 2.62 bits per heavy atom. The molecule has 1 aliphatic heterocycles. The van der Waals surface area contributed by atoms with Crippen LogP contribution in [0.3, 0.4) is 0 Å². The predicted molar refractivity (Wildman–Crippen MR) is 104 cm³/mol. The van der Waals surface area contributed by atoms with Gasteiger partial charge >= 0.3 is 0 Å². The maximum atomic E-state index is 4.49. The fourth-order valence-electron chi connectivity index (χ4n) is 3.54. The van der Waals surface area contributed by atoms with Crippen LogP contribution < -0.4 is 10.6 Å². The average Bonchev–Trinajstić information content (AvgIpc) is 2.94. The van der Waals surface area contributed by atoms with Crippen LogP contribution in [0.15, 0.2) is 10.4 Å². The second-order valence-electron chi connectivity index (χ2n) is 7.09. The molecule has 2 atom stereocenters. The van der Waals surface area contributed by atoms with Crippen molar-refractivity contribution in [3.8, 4) is 0 Å². The van der Waals surface area contributed by atoms with Crippen LogP contribution in [-0.2, 0) is 6.42 Å². The number of aromatic nitrogens is 1. The van der Waals surface area contributed by atoms with Crippen LogP contribution in [-0.4, -0.2) is 55.6 Å². The molecule has 0 aromatic carbocycles. The number of piperidine rings is 1. The van der Waals surface area contributed by atoms with Gasteiger partial charge < -0.3 is 15.5 Å². The molecule has 0 radical (unpaired) electrons. The molecule has 0 aliphatic carbocycles. The first-order valence-corrected chi connectivity index (χ1v) is 10.0. The van der Waals surface area contributed by atoms with Crippen molar-refractivity contribution in [1.82, 2.24) is 20.5 Å². The first-order chi connectivity index (χ1) is 11.6. The molecule has 0 amide bonds. The van der Waals surface area contributed by atoms with E-state index in [1.54, 1.807) is 11.3 Å². The van der Waals surface area contributed by atoms with E-state index in [0.29, 0.717) is 0 Å². The minimum atomic E-state index is 0.838. The van der Waals surface area contributed by atoms with Crippen molar-refractivity contribution in [3.05, 3.63) is 16.1 Å². The standard InChI is InChI=1S/C18H33N5S/c1-14-10-15(2)12-23(11-14)9-5-7-20-18(19-4)21-8-6-17-13-24-16(3)22-17/h13-15H,5-12H2,1-4H3,(H2,19,20,21). The van der Waals surface area contributed by atoms with E-state index in [0.717, 1.165) is 54.4 Å². The molecule has 1 aromatic heterocycles. The molecule has 2 N–H and O–H groups in total. The number of rotatable bonds is 7. The number of nitrogens with zero attached hydrogens (tertiary/aromatic N) is 3. The fraction of sp³-hybridized carbons (Fsp3) is 0.778. The summed E-state index contributed by atoms with van der Waals surface area (Å²) in [6.45, 7) is 12.3. The number of likely N-dealkylation sites (tertiary alicyclic amines) is 1. The Morgan fingerprint density at radius 1 is 1.29 bits per heavy atom. The highest BCUT2D eigenvalue weighted by atomic mass is 32.1. The zero-order chi connectivity index (χ0) is 17.4. The summed E-state index contributed by atoms with van der Waals surface area (Å²) >= 11 is 1.71. The van der Waals surface area contributed by atoms with Crippen LogP contribution in [0.2, 0.25) is 0 Å². The summed E-state index contributed by atoms with van der Waals surface area (Å²) in [7, 11) is 1.83. The first kappa shape index (κ1) is 19.2. The minimum absolute atomic E-state index is 0.838. The molecule has 1 aliphatic rings. The molecular formula is C18H33N5S. The number of hydrogen-bond acceptors (Lipinski definition) is 4. The van der Waals surface area contributed by atoms with Gasteiger partial charge in [0.15, 0.2) is 5.96 Å². The maximum Gasteiger partial charge on any atom is 0.190 e. The van der Waals surface area contributed by atoms with E-state index in [-0.39, 0.29) is 0 Å². The average molecular weight is 352 g/mol. The topological polar surface area (TPSA) is 52.6 Å². The van der Waals surface area contributed by atoms with E-state index in [2.05, 4.69) is 44.7 Å². The van der Waals surface area contributed by atoms with Crippen molar-refractivity contribution in [2.45, 2.75) is 40.0 Å². The molecule has 2 rings (SSSR count). The van der Waals surface area contributed by atoms with E-state index < -0.39 is 0 Å². The Morgan fingerprint density at radius 2 is 2.00 bits per heavy atom. The Balaban J connectivity index is 1.58. The SMILES string of the molecule is CN=C(NCCCN1CC(C)CC(C)C1)NCCc1csc(C)n1. The van der Waals surface area contributed by atoms with E-state index in [9.17, 15) is 0 Å². The van der Waals surface area contributed by atoms with E-state index in [4.69, 9.17) is 0 Å². The summed E-state index contributed by atoms with van der Waals surface area (Å²) in [5.41, 5.74) is 1.16. The molecule has 5 nitrogen and oxygen atoms in total. The highest BCUT2D eigenvalue weighted by Gasteiger charge is 2.20. The van der Waals surface area contributed by atoms with Crippen LogP contribution >= 0.6 is 11.3 Å². The van der Waals surface area contributed by atoms with Gasteiger partial charge in [-0.25, -0.2) is 4.98 Å². The molecule has 0 bridgehead atoms. The summed E-state index contributed by atoms with van der Waals surface area (Å²) in [6.07, 6.45) is 3.48. The van der Waals surface area contributed by atoms with Gasteiger partial charge in [0.1, 0.15) is 0 Å². The largest absolute Gasteiger partial charge is 0.356 e. The lowest BCUT2D eigenvalue weighted by Crippen LogP contribution is -2.42. The molecule has 2 heterocycles. The second-order valence-corrected chi connectivity index (χ2v) is 8.16. The summed E-state index contributed by atoms with van der Waals surface area (Å²) in [4.78, 5) is 11.4. The number of aliphatic imine (C=N–C) groups is 1. The lowest BCUT2D eigenvalue weighted by atomic mass is 9.92. The fourth-order valence-corrected chi connectivity index (χ4v) is 4.18. The number of nitrogens with one attached hydrogen (secondary N) is 2. The third-order valence-corrected chi connectivity index (χ3v) is 5.27. The van der Waals surface area contributed by atoms with Crippen LogP contribution in [0.4, 0.5) is 0 Å². The number of hydrogen-bond donors (Lipinski definition) is 2. The predicted octanol–water partition coefficient (Wildman–Crippen LogP) is 2.53. The number of guanidine groups is 1. The van der Waals surface area contributed by atoms with Crippen LogP contribution in [0, 0.1) is 18.8 Å². The van der Waals surface area contributed by atoms with Crippen molar-refractivity contribution in [2.24, 2.45) is 16.8 Å². The minimum Gasteiger partial charge on any atom is -0.356 e. The summed E-state index contributed by atoms with van der Waals surface area (Å²) < 4.78 is 0. The normalized spacial score (nSPS) is 22.6. The zero-order valence-electron chi connectivity index (χ0n) is 15.6. The Labute approximate surface area is 151 Å². The van der Waals surface area contributed by atoms with Crippen molar-refractivity contribution < 1.29 is 0 Å². The van der Waals surface area contributed by atoms with Crippen LogP contribution in [0.1, 0.15) is 37.4 Å². The van der Waals surface area contributed by atoms with Crippen molar-refractivity contribution in [2.75, 3.05) is 39.8 Å². The van der Waals surface area contributed by atoms with Crippen molar-refractivity contribution >= 4 is 17.3 Å². The summed E-state index contributed by atoms with van der Waals surface area (Å²) in [5.74, 6) is 2.57. The molecule has 0 spiro atoms. The number of thiazole rings is 1. The molecule has 136 valence electrons. The summed E-state index contributed by atoms with van der Waals surface area (Å²) in [5, 5.41) is 10.1. The van der Waals surface area contributed by atoms with Crippen molar-refractivity contribution in [3.63, 3.8) is 0 Å². The van der Waals surface area contributed by atoms with Crippen molar-refractivity contribution in [1.29, 1.82) is 0 Å². The lowest BCUT2D eigenvalue weighted by Gasteiger charge is -2.35. The lowest BCUT2D eigenvalue weighted by molar-refractivity contribution is 0.140. The smallest absolute Gasteiger partial charge is 0.190 e. The van der Waals surface area contributed by atoms with Gasteiger partial charge in [-0.1, -0.05) is 13.8 Å². The van der Waals surface area contributed by atoms with Gasteiger partial charge in [0.25, 0.3) is 0 Å². The zero-order valence-corrected chi connectivity index (χ0v) is 16.5. The third-order valence-electron chi connectivity index (χ3n) is 4.45. The highest BCUT2D eigenvalue weighted by Crippen LogP contribution is 2.20. The highest BCUT2D eigenvalue weighted by molar-refractivity contribution is 7.09. The number of aryl methyl sites for hydroxylation is 1. The van der Waals surface area contributed by atoms with Gasteiger partial charge in [-0.05, 0) is 38.1 Å². The van der Waals surface area contributed by atoms with Gasteiger partial charge in [-0.15, -0.1) is 11.3 Å². The van der Waals surface area contributed by atoms with E-state index in [1.165, 1.54) is 26.1 Å². The molecule has 6 heteroatoms. The summed E-state index contributed by atoms with van der Waals surface area (Å²) in [6, 6.07) is 0. The Hall–Kier alpha value is -1.14. The molecule has 0 saturated carbocycles. The van der Waals surface area contributed by atoms with Gasteiger partial charge in [0.2, 0.25) is 0 Å². The maximum absolute atomic E-state index is 4.49. The quantitative estimate of drug-likeness (QED) is 0.450. The molecular weight excluding hydrogens is 318 g/mol.